The minimum Gasteiger partial charge on any atom is -0.334 e. The Kier molecular flexibility index (Phi) is 9.91. The molecule has 1 saturated heterocycles. The molecule has 0 aliphatic carbocycles. The number of carbonyl (C=O) groups is 1. The zero-order chi connectivity index (χ0) is 27.2. The summed E-state index contributed by atoms with van der Waals surface area (Å²) in [7, 11) is -7.15. The van der Waals surface area contributed by atoms with Crippen LogP contribution in [0.3, 0.4) is 0 Å². The highest BCUT2D eigenvalue weighted by Crippen LogP contribution is 2.26. The quantitative estimate of drug-likeness (QED) is 0.427. The van der Waals surface area contributed by atoms with Crippen LogP contribution in [0, 0.1) is 13.8 Å². The van der Waals surface area contributed by atoms with Crippen molar-refractivity contribution in [1.82, 2.24) is 13.5 Å². The van der Waals surface area contributed by atoms with E-state index in [2.05, 4.69) is 0 Å². The first-order valence-electron chi connectivity index (χ1n) is 12.9. The molecule has 1 aliphatic heterocycles. The van der Waals surface area contributed by atoms with Gasteiger partial charge in [-0.3, -0.25) is 4.79 Å². The van der Waals surface area contributed by atoms with Gasteiger partial charge in [0.05, 0.1) is 17.2 Å². The summed E-state index contributed by atoms with van der Waals surface area (Å²) in [4.78, 5) is 15.6. The first-order valence-corrected chi connectivity index (χ1v) is 15.9. The first-order chi connectivity index (χ1) is 17.5. The van der Waals surface area contributed by atoms with Crippen LogP contribution in [0.2, 0.25) is 0 Å². The van der Waals surface area contributed by atoms with Crippen molar-refractivity contribution in [2.45, 2.75) is 64.4 Å². The lowest BCUT2D eigenvalue weighted by atomic mass is 10.0. The summed E-state index contributed by atoms with van der Waals surface area (Å²) in [5.41, 5.74) is 3.03. The lowest BCUT2D eigenvalue weighted by Gasteiger charge is -2.39. The van der Waals surface area contributed by atoms with Gasteiger partial charge in [-0.1, -0.05) is 48.9 Å². The molecular weight excluding hydrogens is 510 g/mol. The Bertz CT molecular complexity index is 1270. The average molecular weight is 550 g/mol. The van der Waals surface area contributed by atoms with E-state index in [1.54, 1.807) is 36.1 Å². The predicted octanol–water partition coefficient (Wildman–Crippen LogP) is 3.55. The SMILES string of the molecule is CCCN(CC(=O)N(Cc1ccccc1C)C1CCN(S(=O)(=O)c2ccc(C)cc2)CC1)S(=O)(=O)CC. The third kappa shape index (κ3) is 7.19. The Morgan fingerprint density at radius 3 is 2.14 bits per heavy atom. The van der Waals surface area contributed by atoms with E-state index in [4.69, 9.17) is 0 Å². The van der Waals surface area contributed by atoms with Gasteiger partial charge in [-0.2, -0.15) is 8.61 Å². The lowest BCUT2D eigenvalue weighted by Crippen LogP contribution is -2.51. The van der Waals surface area contributed by atoms with Gasteiger partial charge in [0.2, 0.25) is 26.0 Å². The van der Waals surface area contributed by atoms with Crippen molar-refractivity contribution in [3.8, 4) is 0 Å². The van der Waals surface area contributed by atoms with E-state index in [0.29, 0.717) is 38.9 Å². The van der Waals surface area contributed by atoms with Gasteiger partial charge in [0.15, 0.2) is 0 Å². The Hall–Kier alpha value is -2.27. The molecule has 0 atom stereocenters. The summed E-state index contributed by atoms with van der Waals surface area (Å²) in [6, 6.07) is 14.5. The molecule has 3 rings (SSSR count). The summed E-state index contributed by atoms with van der Waals surface area (Å²) in [6.45, 7) is 8.39. The van der Waals surface area contributed by atoms with E-state index in [9.17, 15) is 21.6 Å². The van der Waals surface area contributed by atoms with Gasteiger partial charge in [-0.15, -0.1) is 0 Å². The fraction of sp³-hybridized carbons (Fsp3) is 0.519. The predicted molar refractivity (Wildman–Crippen MR) is 146 cm³/mol. The van der Waals surface area contributed by atoms with E-state index in [1.165, 1.54) is 8.61 Å². The van der Waals surface area contributed by atoms with Crippen molar-refractivity contribution in [2.24, 2.45) is 0 Å². The van der Waals surface area contributed by atoms with Crippen molar-refractivity contribution in [3.63, 3.8) is 0 Å². The van der Waals surface area contributed by atoms with Crippen LogP contribution >= 0.6 is 0 Å². The molecule has 0 N–H and O–H groups in total. The molecule has 0 bridgehead atoms. The molecule has 1 heterocycles. The average Bonchev–Trinajstić information content (AvgIpc) is 2.88. The number of hydrogen-bond donors (Lipinski definition) is 0. The monoisotopic (exact) mass is 549 g/mol. The first kappa shape index (κ1) is 29.3. The van der Waals surface area contributed by atoms with Crippen LogP contribution in [-0.2, 0) is 31.4 Å². The van der Waals surface area contributed by atoms with Gasteiger partial charge < -0.3 is 4.90 Å². The van der Waals surface area contributed by atoms with Crippen LogP contribution in [-0.4, -0.2) is 74.2 Å². The third-order valence-corrected chi connectivity index (χ3v) is 10.7. The molecule has 0 spiro atoms. The number of rotatable bonds is 11. The maximum absolute atomic E-state index is 13.6. The molecule has 10 heteroatoms. The van der Waals surface area contributed by atoms with Crippen LogP contribution in [0.25, 0.3) is 0 Å². The minimum atomic E-state index is -3.62. The second-order valence-electron chi connectivity index (χ2n) is 9.63. The molecule has 0 saturated carbocycles. The van der Waals surface area contributed by atoms with E-state index in [-0.39, 0.29) is 35.7 Å². The summed E-state index contributed by atoms with van der Waals surface area (Å²) in [5, 5.41) is 0. The van der Waals surface area contributed by atoms with Crippen molar-refractivity contribution < 1.29 is 21.6 Å². The Balaban J connectivity index is 1.81. The molecule has 2 aromatic carbocycles. The van der Waals surface area contributed by atoms with Gasteiger partial charge in [0, 0.05) is 32.2 Å². The molecule has 8 nitrogen and oxygen atoms in total. The molecule has 0 radical (unpaired) electrons. The molecule has 1 fully saturated rings. The molecule has 1 aliphatic rings. The zero-order valence-corrected chi connectivity index (χ0v) is 23.9. The molecule has 37 heavy (non-hydrogen) atoms. The summed E-state index contributed by atoms with van der Waals surface area (Å²) >= 11 is 0. The van der Waals surface area contributed by atoms with Crippen molar-refractivity contribution in [1.29, 1.82) is 0 Å². The highest BCUT2D eigenvalue weighted by Gasteiger charge is 2.35. The third-order valence-electron chi connectivity index (χ3n) is 6.99. The van der Waals surface area contributed by atoms with Gasteiger partial charge in [0.25, 0.3) is 0 Å². The van der Waals surface area contributed by atoms with Gasteiger partial charge >= 0.3 is 0 Å². The molecule has 204 valence electrons. The summed E-state index contributed by atoms with van der Waals surface area (Å²) in [6.07, 6.45) is 1.58. The van der Waals surface area contributed by atoms with Crippen molar-refractivity contribution in [2.75, 3.05) is 31.9 Å². The van der Waals surface area contributed by atoms with E-state index < -0.39 is 20.0 Å². The van der Waals surface area contributed by atoms with Crippen LogP contribution in [0.1, 0.15) is 49.8 Å². The van der Waals surface area contributed by atoms with Crippen molar-refractivity contribution >= 4 is 26.0 Å². The standard InChI is InChI=1S/C27H39N3O5S2/c1-5-17-29(36(32,33)6-2)21-27(31)30(20-24-10-8-7-9-23(24)4)25-15-18-28(19-16-25)37(34,35)26-13-11-22(3)12-14-26/h7-14,25H,5-6,15-21H2,1-4H3. The summed E-state index contributed by atoms with van der Waals surface area (Å²) < 4.78 is 54.4. The fourth-order valence-corrected chi connectivity index (χ4v) is 7.24. The number of carbonyl (C=O) groups excluding carboxylic acids is 1. The van der Waals surface area contributed by atoms with E-state index >= 15 is 0 Å². The second kappa shape index (κ2) is 12.5. The van der Waals surface area contributed by atoms with Crippen LogP contribution < -0.4 is 0 Å². The number of benzene rings is 2. The smallest absolute Gasteiger partial charge is 0.243 e. The maximum Gasteiger partial charge on any atom is 0.243 e. The van der Waals surface area contributed by atoms with Crippen LogP contribution in [0.5, 0.6) is 0 Å². The van der Waals surface area contributed by atoms with E-state index in [0.717, 1.165) is 16.7 Å². The Labute approximate surface area is 222 Å². The Morgan fingerprint density at radius 1 is 0.946 bits per heavy atom. The normalized spacial score (nSPS) is 15.7. The van der Waals surface area contributed by atoms with Gasteiger partial charge in [0.1, 0.15) is 0 Å². The van der Waals surface area contributed by atoms with Crippen molar-refractivity contribution in [3.05, 3.63) is 65.2 Å². The number of aryl methyl sites for hydroxylation is 2. The number of sulfonamides is 2. The Morgan fingerprint density at radius 2 is 1.57 bits per heavy atom. The van der Waals surface area contributed by atoms with Crippen LogP contribution in [0.4, 0.5) is 0 Å². The highest BCUT2D eigenvalue weighted by molar-refractivity contribution is 7.89. The number of piperidine rings is 1. The van der Waals surface area contributed by atoms with Gasteiger partial charge in [-0.25, -0.2) is 16.8 Å². The molecule has 1 amide bonds. The summed E-state index contributed by atoms with van der Waals surface area (Å²) in [5.74, 6) is -0.318. The molecule has 0 aromatic heterocycles. The largest absolute Gasteiger partial charge is 0.334 e. The minimum absolute atomic E-state index is 0.0622. The van der Waals surface area contributed by atoms with Crippen LogP contribution in [0.15, 0.2) is 53.4 Å². The molecule has 0 unspecified atom stereocenters. The zero-order valence-electron chi connectivity index (χ0n) is 22.3. The fourth-order valence-electron chi connectivity index (χ4n) is 4.64. The topological polar surface area (TPSA) is 95.1 Å². The number of nitrogens with zero attached hydrogens (tertiary/aromatic N) is 3. The maximum atomic E-state index is 13.6. The highest BCUT2D eigenvalue weighted by atomic mass is 32.2. The molecule has 2 aromatic rings. The number of hydrogen-bond acceptors (Lipinski definition) is 5. The number of amides is 1. The lowest BCUT2D eigenvalue weighted by molar-refractivity contribution is -0.135. The van der Waals surface area contributed by atoms with Gasteiger partial charge in [-0.05, 0) is 63.3 Å². The molecular formula is C27H39N3O5S2. The van der Waals surface area contributed by atoms with E-state index in [1.807, 2.05) is 45.0 Å². The second-order valence-corrected chi connectivity index (χ2v) is 13.8.